The van der Waals surface area contributed by atoms with Crippen LogP contribution in [0, 0.1) is 20.8 Å². The highest BCUT2D eigenvalue weighted by atomic mass is 16.5. The Labute approximate surface area is 203 Å². The molecule has 1 aliphatic rings. The van der Waals surface area contributed by atoms with Gasteiger partial charge in [-0.2, -0.15) is 0 Å². The van der Waals surface area contributed by atoms with E-state index in [1.54, 1.807) is 0 Å². The molecule has 2 heterocycles. The Morgan fingerprint density at radius 3 is 2.71 bits per heavy atom. The smallest absolute Gasteiger partial charge is 0.122 e. The summed E-state index contributed by atoms with van der Waals surface area (Å²) in [6.45, 7) is 10.5. The average Bonchev–Trinajstić information content (AvgIpc) is 3.12. The first-order valence-electron chi connectivity index (χ1n) is 12.2. The number of benzene rings is 2. The molecule has 0 unspecified atom stereocenters. The van der Waals surface area contributed by atoms with Crippen molar-refractivity contribution in [3.8, 4) is 11.5 Å². The van der Waals surface area contributed by atoms with Crippen LogP contribution in [0.1, 0.15) is 41.8 Å². The molecule has 0 amide bonds. The second-order valence-corrected chi connectivity index (χ2v) is 9.58. The maximum Gasteiger partial charge on any atom is 0.122 e. The average molecular weight is 464 g/mol. The fraction of sp³-hybridized carbons (Fsp3) is 0.464. The van der Waals surface area contributed by atoms with Gasteiger partial charge < -0.3 is 19.1 Å². The lowest BCUT2D eigenvalue weighted by Crippen LogP contribution is -2.37. The molecule has 182 valence electrons. The van der Waals surface area contributed by atoms with Crippen LogP contribution in [0.4, 0.5) is 0 Å². The number of hydrogen-bond donors (Lipinski definition) is 1. The molecular formula is C28H37N3O3. The fourth-order valence-corrected chi connectivity index (χ4v) is 4.60. The molecule has 2 aromatic carbocycles. The van der Waals surface area contributed by atoms with E-state index in [1.165, 1.54) is 11.1 Å². The van der Waals surface area contributed by atoms with E-state index in [9.17, 15) is 5.11 Å². The molecule has 0 spiro atoms. The minimum atomic E-state index is -0.789. The number of rotatable bonds is 9. The first-order valence-corrected chi connectivity index (χ1v) is 12.2. The van der Waals surface area contributed by atoms with Gasteiger partial charge in [0.2, 0.25) is 0 Å². The third-order valence-electron chi connectivity index (χ3n) is 6.67. The standard InChI is InChI=1S/C28H37N3O3/c1-22-8-9-27(23(2)18-22)34-21-28(32)10-5-13-30(14-11-28)20-25-6-4-7-26(19-25)33-17-16-31-15-12-29-24(31)3/h4,6-9,12,15,18-19,32H,5,10-11,13-14,16-17,20-21H2,1-3H3/t28-/m1/s1. The molecule has 1 fully saturated rings. The van der Waals surface area contributed by atoms with Gasteiger partial charge in [0.1, 0.15) is 30.5 Å². The van der Waals surface area contributed by atoms with Gasteiger partial charge in [-0.25, -0.2) is 4.98 Å². The van der Waals surface area contributed by atoms with Crippen LogP contribution in [0.3, 0.4) is 0 Å². The van der Waals surface area contributed by atoms with Crippen molar-refractivity contribution in [2.45, 2.75) is 58.7 Å². The molecule has 0 saturated carbocycles. The molecule has 0 aliphatic carbocycles. The molecule has 1 aliphatic heterocycles. The van der Waals surface area contributed by atoms with E-state index in [2.05, 4.69) is 58.6 Å². The molecule has 0 radical (unpaired) electrons. The maximum absolute atomic E-state index is 11.2. The van der Waals surface area contributed by atoms with Crippen molar-refractivity contribution in [1.29, 1.82) is 0 Å². The zero-order chi connectivity index (χ0) is 24.0. The van der Waals surface area contributed by atoms with Crippen LogP contribution in [0.25, 0.3) is 0 Å². The lowest BCUT2D eigenvalue weighted by atomic mass is 9.96. The Balaban J connectivity index is 1.27. The largest absolute Gasteiger partial charge is 0.492 e. The van der Waals surface area contributed by atoms with Gasteiger partial charge in [0.05, 0.1) is 12.1 Å². The zero-order valence-corrected chi connectivity index (χ0v) is 20.7. The van der Waals surface area contributed by atoms with Gasteiger partial charge in [0.15, 0.2) is 0 Å². The third kappa shape index (κ3) is 6.61. The van der Waals surface area contributed by atoms with E-state index in [0.29, 0.717) is 19.6 Å². The van der Waals surface area contributed by atoms with Crippen molar-refractivity contribution in [1.82, 2.24) is 14.5 Å². The van der Waals surface area contributed by atoms with Crippen LogP contribution in [0.5, 0.6) is 11.5 Å². The number of ether oxygens (including phenoxy) is 2. The summed E-state index contributed by atoms with van der Waals surface area (Å²) in [7, 11) is 0. The number of hydrogen-bond acceptors (Lipinski definition) is 5. The molecule has 1 aromatic heterocycles. The van der Waals surface area contributed by atoms with Crippen molar-refractivity contribution in [2.75, 3.05) is 26.3 Å². The maximum atomic E-state index is 11.2. The molecule has 6 heteroatoms. The number of nitrogens with zero attached hydrogens (tertiary/aromatic N) is 3. The van der Waals surface area contributed by atoms with Gasteiger partial charge in [-0.05, 0) is 75.9 Å². The van der Waals surface area contributed by atoms with Gasteiger partial charge in [-0.1, -0.05) is 29.8 Å². The predicted molar refractivity (Wildman–Crippen MR) is 134 cm³/mol. The topological polar surface area (TPSA) is 59.8 Å². The van der Waals surface area contributed by atoms with Crippen molar-refractivity contribution in [3.63, 3.8) is 0 Å². The Morgan fingerprint density at radius 1 is 1.03 bits per heavy atom. The first kappa shape index (κ1) is 24.3. The van der Waals surface area contributed by atoms with Gasteiger partial charge >= 0.3 is 0 Å². The van der Waals surface area contributed by atoms with Crippen LogP contribution in [-0.4, -0.2) is 51.5 Å². The summed E-state index contributed by atoms with van der Waals surface area (Å²) in [6, 6.07) is 14.5. The van der Waals surface area contributed by atoms with E-state index in [0.717, 1.165) is 61.9 Å². The summed E-state index contributed by atoms with van der Waals surface area (Å²) in [5.41, 5.74) is 2.77. The summed E-state index contributed by atoms with van der Waals surface area (Å²) >= 11 is 0. The summed E-state index contributed by atoms with van der Waals surface area (Å²) in [6.07, 6.45) is 6.20. The molecule has 4 rings (SSSR count). The highest BCUT2D eigenvalue weighted by Crippen LogP contribution is 2.27. The lowest BCUT2D eigenvalue weighted by molar-refractivity contribution is -0.0170. The monoisotopic (exact) mass is 463 g/mol. The van der Waals surface area contributed by atoms with Crippen molar-refractivity contribution in [2.24, 2.45) is 0 Å². The third-order valence-corrected chi connectivity index (χ3v) is 6.67. The van der Waals surface area contributed by atoms with E-state index in [1.807, 2.05) is 31.5 Å². The summed E-state index contributed by atoms with van der Waals surface area (Å²) < 4.78 is 14.1. The van der Waals surface area contributed by atoms with E-state index in [4.69, 9.17) is 9.47 Å². The second-order valence-electron chi connectivity index (χ2n) is 9.58. The minimum Gasteiger partial charge on any atom is -0.492 e. The van der Waals surface area contributed by atoms with Gasteiger partial charge in [0.25, 0.3) is 0 Å². The van der Waals surface area contributed by atoms with Gasteiger partial charge in [0, 0.05) is 25.5 Å². The van der Waals surface area contributed by atoms with Gasteiger partial charge in [-0.3, -0.25) is 4.90 Å². The number of aryl methyl sites for hydroxylation is 3. The van der Waals surface area contributed by atoms with E-state index < -0.39 is 5.60 Å². The molecule has 1 atom stereocenters. The number of likely N-dealkylation sites (tertiary alicyclic amines) is 1. The lowest BCUT2D eigenvalue weighted by Gasteiger charge is -2.27. The first-order chi connectivity index (χ1) is 16.4. The number of aliphatic hydroxyl groups is 1. The van der Waals surface area contributed by atoms with Crippen molar-refractivity contribution in [3.05, 3.63) is 77.4 Å². The molecule has 6 nitrogen and oxygen atoms in total. The highest BCUT2D eigenvalue weighted by molar-refractivity contribution is 5.35. The normalized spacial score (nSPS) is 19.1. The zero-order valence-electron chi connectivity index (χ0n) is 20.7. The van der Waals surface area contributed by atoms with Crippen molar-refractivity contribution >= 4 is 0 Å². The van der Waals surface area contributed by atoms with Crippen molar-refractivity contribution < 1.29 is 14.6 Å². The van der Waals surface area contributed by atoms with Crippen LogP contribution in [-0.2, 0) is 13.1 Å². The van der Waals surface area contributed by atoms with E-state index >= 15 is 0 Å². The summed E-state index contributed by atoms with van der Waals surface area (Å²) in [4.78, 5) is 6.67. The SMILES string of the molecule is Cc1ccc(OC[C@@]2(O)CCCN(Cc3cccc(OCCn4ccnc4C)c3)CC2)c(C)c1. The van der Waals surface area contributed by atoms with Gasteiger partial charge in [-0.15, -0.1) is 0 Å². The van der Waals surface area contributed by atoms with Crippen LogP contribution < -0.4 is 9.47 Å². The van der Waals surface area contributed by atoms with Crippen LogP contribution >= 0.6 is 0 Å². The Bertz CT molecular complexity index is 1080. The minimum absolute atomic E-state index is 0.338. The molecular weight excluding hydrogens is 426 g/mol. The van der Waals surface area contributed by atoms with Crippen LogP contribution in [0.15, 0.2) is 54.9 Å². The molecule has 1 saturated heterocycles. The fourth-order valence-electron chi connectivity index (χ4n) is 4.60. The Morgan fingerprint density at radius 2 is 1.91 bits per heavy atom. The highest BCUT2D eigenvalue weighted by Gasteiger charge is 2.31. The quantitative estimate of drug-likeness (QED) is 0.499. The Kier molecular flexibility index (Phi) is 7.91. The predicted octanol–water partition coefficient (Wildman–Crippen LogP) is 4.68. The molecule has 1 N–H and O–H groups in total. The summed E-state index contributed by atoms with van der Waals surface area (Å²) in [5.74, 6) is 2.75. The number of imidazole rings is 1. The summed E-state index contributed by atoms with van der Waals surface area (Å²) in [5, 5.41) is 11.2. The Hall–Kier alpha value is -2.83. The van der Waals surface area contributed by atoms with E-state index in [-0.39, 0.29) is 0 Å². The molecule has 3 aromatic rings. The molecule has 34 heavy (non-hydrogen) atoms. The van der Waals surface area contributed by atoms with Crippen LogP contribution in [0.2, 0.25) is 0 Å². The molecule has 0 bridgehead atoms. The second kappa shape index (κ2) is 11.1. The number of aromatic nitrogens is 2.